The van der Waals surface area contributed by atoms with Gasteiger partial charge in [0.25, 0.3) is 0 Å². The van der Waals surface area contributed by atoms with Crippen molar-refractivity contribution in [2.45, 2.75) is 26.8 Å². The Bertz CT molecular complexity index is 789. The van der Waals surface area contributed by atoms with Crippen molar-refractivity contribution in [3.05, 3.63) is 58.1 Å². The van der Waals surface area contributed by atoms with E-state index in [-0.39, 0.29) is 0 Å². The first kappa shape index (κ1) is 17.6. The molecule has 25 heavy (non-hydrogen) atoms. The second kappa shape index (κ2) is 7.36. The van der Waals surface area contributed by atoms with Crippen LogP contribution in [0, 0.1) is 5.92 Å². The minimum absolute atomic E-state index is 0.391. The van der Waals surface area contributed by atoms with E-state index in [0.717, 1.165) is 35.5 Å². The topological polar surface area (TPSA) is 49.8 Å². The van der Waals surface area contributed by atoms with E-state index in [4.69, 9.17) is 16.3 Å². The predicted octanol–water partition coefficient (Wildman–Crippen LogP) is 4.64. The maximum atomic E-state index is 11.4. The van der Waals surface area contributed by atoms with Gasteiger partial charge in [0.1, 0.15) is 5.75 Å². The van der Waals surface area contributed by atoms with E-state index in [1.807, 2.05) is 24.3 Å². The molecule has 0 spiro atoms. The lowest BCUT2D eigenvalue weighted by Gasteiger charge is -2.22. The molecule has 0 aromatic heterocycles. The molecule has 0 atom stereocenters. The number of aromatic carboxylic acids is 1. The first-order chi connectivity index (χ1) is 12.0. The van der Waals surface area contributed by atoms with Crippen molar-refractivity contribution in [1.29, 1.82) is 0 Å². The second-order valence-corrected chi connectivity index (χ2v) is 7.17. The van der Waals surface area contributed by atoms with Crippen LogP contribution in [0.2, 0.25) is 5.02 Å². The molecule has 4 nitrogen and oxygen atoms in total. The standard InChI is InChI=1S/C20H22ClNO3/c1-13(2)12-25-19-7-6-15(21)10-14(19)11-22-9-8-16-17(20(23)24)4-3-5-18(16)22/h3-7,10,13H,8-9,11-12H2,1-2H3,(H,23,24). The highest BCUT2D eigenvalue weighted by Crippen LogP contribution is 2.34. The Kier molecular flexibility index (Phi) is 5.19. The van der Waals surface area contributed by atoms with Gasteiger partial charge in [-0.1, -0.05) is 31.5 Å². The van der Waals surface area contributed by atoms with Gasteiger partial charge >= 0.3 is 5.97 Å². The van der Waals surface area contributed by atoms with Crippen LogP contribution in [-0.2, 0) is 13.0 Å². The van der Waals surface area contributed by atoms with Crippen LogP contribution in [0.3, 0.4) is 0 Å². The van der Waals surface area contributed by atoms with E-state index in [1.165, 1.54) is 0 Å². The Balaban J connectivity index is 1.87. The smallest absolute Gasteiger partial charge is 0.336 e. The number of carboxylic acids is 1. The second-order valence-electron chi connectivity index (χ2n) is 6.74. The molecule has 0 unspecified atom stereocenters. The van der Waals surface area contributed by atoms with Crippen LogP contribution < -0.4 is 9.64 Å². The summed E-state index contributed by atoms with van der Waals surface area (Å²) in [5.41, 5.74) is 3.29. The summed E-state index contributed by atoms with van der Waals surface area (Å²) >= 11 is 6.18. The van der Waals surface area contributed by atoms with Gasteiger partial charge in [0.15, 0.2) is 0 Å². The molecule has 1 N–H and O–H groups in total. The number of hydrogen-bond donors (Lipinski definition) is 1. The maximum Gasteiger partial charge on any atom is 0.336 e. The molecule has 0 bridgehead atoms. The van der Waals surface area contributed by atoms with Crippen LogP contribution in [0.4, 0.5) is 5.69 Å². The van der Waals surface area contributed by atoms with Crippen LogP contribution >= 0.6 is 11.6 Å². The fraction of sp³-hybridized carbons (Fsp3) is 0.350. The number of carbonyl (C=O) groups is 1. The lowest BCUT2D eigenvalue weighted by atomic mass is 10.1. The number of anilines is 1. The average Bonchev–Trinajstić information content (AvgIpc) is 2.97. The Hall–Kier alpha value is -2.20. The maximum absolute atomic E-state index is 11.4. The number of ether oxygens (including phenoxy) is 1. The van der Waals surface area contributed by atoms with Gasteiger partial charge < -0.3 is 14.7 Å². The van der Waals surface area contributed by atoms with E-state index in [9.17, 15) is 9.90 Å². The van der Waals surface area contributed by atoms with Crippen molar-refractivity contribution >= 4 is 23.3 Å². The van der Waals surface area contributed by atoms with Crippen molar-refractivity contribution in [2.24, 2.45) is 5.92 Å². The number of benzene rings is 2. The first-order valence-electron chi connectivity index (χ1n) is 8.47. The van der Waals surface area contributed by atoms with Gasteiger partial charge in [-0.25, -0.2) is 4.79 Å². The SMILES string of the molecule is CC(C)COc1ccc(Cl)cc1CN1CCc2c(C(=O)O)cccc21. The van der Waals surface area contributed by atoms with Crippen molar-refractivity contribution in [2.75, 3.05) is 18.1 Å². The van der Waals surface area contributed by atoms with E-state index >= 15 is 0 Å². The molecule has 132 valence electrons. The Morgan fingerprint density at radius 2 is 2.12 bits per heavy atom. The van der Waals surface area contributed by atoms with Crippen molar-refractivity contribution < 1.29 is 14.6 Å². The zero-order valence-electron chi connectivity index (χ0n) is 14.5. The number of fused-ring (bicyclic) bond motifs is 1. The summed E-state index contributed by atoms with van der Waals surface area (Å²) in [4.78, 5) is 13.6. The first-order valence-corrected chi connectivity index (χ1v) is 8.85. The van der Waals surface area contributed by atoms with Crippen LogP contribution in [-0.4, -0.2) is 24.2 Å². The summed E-state index contributed by atoms with van der Waals surface area (Å²) in [7, 11) is 0. The molecule has 0 amide bonds. The molecule has 1 aliphatic rings. The summed E-state index contributed by atoms with van der Waals surface area (Å²) < 4.78 is 5.93. The fourth-order valence-corrected chi connectivity index (χ4v) is 3.33. The fourth-order valence-electron chi connectivity index (χ4n) is 3.14. The average molecular weight is 360 g/mol. The summed E-state index contributed by atoms with van der Waals surface area (Å²) in [6.07, 6.45) is 0.737. The van der Waals surface area contributed by atoms with Gasteiger partial charge in [-0.15, -0.1) is 0 Å². The highest BCUT2D eigenvalue weighted by Gasteiger charge is 2.24. The van der Waals surface area contributed by atoms with E-state index in [2.05, 4.69) is 18.7 Å². The van der Waals surface area contributed by atoms with E-state index in [0.29, 0.717) is 29.7 Å². The van der Waals surface area contributed by atoms with Crippen LogP contribution in [0.15, 0.2) is 36.4 Å². The Morgan fingerprint density at radius 3 is 2.84 bits per heavy atom. The number of rotatable bonds is 6. The van der Waals surface area contributed by atoms with Gasteiger partial charge in [0.2, 0.25) is 0 Å². The molecule has 0 saturated carbocycles. The van der Waals surface area contributed by atoms with Crippen molar-refractivity contribution in [1.82, 2.24) is 0 Å². The summed E-state index contributed by atoms with van der Waals surface area (Å²) in [6.45, 7) is 6.30. The normalized spacial score (nSPS) is 13.2. The van der Waals surface area contributed by atoms with Gasteiger partial charge in [0.05, 0.1) is 12.2 Å². The van der Waals surface area contributed by atoms with Gasteiger partial charge in [-0.2, -0.15) is 0 Å². The lowest BCUT2D eigenvalue weighted by molar-refractivity contribution is 0.0696. The Labute approximate surface area is 153 Å². The minimum atomic E-state index is -0.873. The van der Waals surface area contributed by atoms with Gasteiger partial charge in [-0.3, -0.25) is 0 Å². The van der Waals surface area contributed by atoms with Crippen LogP contribution in [0.25, 0.3) is 0 Å². The van der Waals surface area contributed by atoms with E-state index in [1.54, 1.807) is 12.1 Å². The highest BCUT2D eigenvalue weighted by molar-refractivity contribution is 6.30. The van der Waals surface area contributed by atoms with E-state index < -0.39 is 5.97 Å². The molecule has 2 aromatic rings. The summed E-state index contributed by atoms with van der Waals surface area (Å²) in [5.74, 6) is 0.400. The molecule has 0 fully saturated rings. The Morgan fingerprint density at radius 1 is 1.32 bits per heavy atom. The summed E-state index contributed by atoms with van der Waals surface area (Å²) in [6, 6.07) is 11.1. The molecule has 2 aromatic carbocycles. The van der Waals surface area contributed by atoms with Crippen LogP contribution in [0.5, 0.6) is 5.75 Å². The summed E-state index contributed by atoms with van der Waals surface area (Å²) in [5, 5.41) is 10.0. The molecule has 0 saturated heterocycles. The number of halogens is 1. The van der Waals surface area contributed by atoms with Crippen molar-refractivity contribution in [3.63, 3.8) is 0 Å². The predicted molar refractivity (Wildman–Crippen MR) is 99.9 cm³/mol. The minimum Gasteiger partial charge on any atom is -0.493 e. The molecule has 0 aliphatic carbocycles. The molecule has 0 radical (unpaired) electrons. The van der Waals surface area contributed by atoms with Crippen LogP contribution in [0.1, 0.15) is 35.3 Å². The molecular weight excluding hydrogens is 338 g/mol. The molecule has 1 heterocycles. The quantitative estimate of drug-likeness (QED) is 0.816. The highest BCUT2D eigenvalue weighted by atomic mass is 35.5. The third-order valence-corrected chi connectivity index (χ3v) is 4.55. The van der Waals surface area contributed by atoms with Gasteiger partial charge in [0, 0.05) is 29.4 Å². The number of nitrogens with zero attached hydrogens (tertiary/aromatic N) is 1. The monoisotopic (exact) mass is 359 g/mol. The molecule has 3 rings (SSSR count). The van der Waals surface area contributed by atoms with Gasteiger partial charge in [-0.05, 0) is 48.2 Å². The number of carboxylic acid groups (broad SMARTS) is 1. The zero-order chi connectivity index (χ0) is 18.0. The molecule has 1 aliphatic heterocycles. The largest absolute Gasteiger partial charge is 0.493 e. The third-order valence-electron chi connectivity index (χ3n) is 4.31. The van der Waals surface area contributed by atoms with Crippen molar-refractivity contribution in [3.8, 4) is 5.75 Å². The number of hydrogen-bond acceptors (Lipinski definition) is 3. The zero-order valence-corrected chi connectivity index (χ0v) is 15.2. The molecular formula is C20H22ClNO3. The lowest BCUT2D eigenvalue weighted by Crippen LogP contribution is -2.20. The molecule has 5 heteroatoms. The third kappa shape index (κ3) is 3.90.